The highest BCUT2D eigenvalue weighted by atomic mass is 16.5. The third-order valence-electron chi connectivity index (χ3n) is 3.87. The molecule has 0 bridgehead atoms. The largest absolute Gasteiger partial charge is 0.383 e. The zero-order valence-corrected chi connectivity index (χ0v) is 16.2. The number of nitrogens with zero attached hydrogens (tertiary/aromatic N) is 4. The molecule has 1 heterocycles. The SMILES string of the molecule is COCCN(CCOC)c1ccc(C#N)c(N(CCOC)CCOC)n1. The number of hydrogen-bond acceptors (Lipinski definition) is 8. The topological polar surface area (TPSA) is 80.1 Å². The fourth-order valence-electron chi connectivity index (χ4n) is 2.41. The molecule has 0 saturated heterocycles. The third-order valence-corrected chi connectivity index (χ3v) is 3.87. The number of methoxy groups -OCH3 is 4. The lowest BCUT2D eigenvalue weighted by molar-refractivity contribution is 0.189. The summed E-state index contributed by atoms with van der Waals surface area (Å²) in [5.74, 6) is 1.42. The zero-order chi connectivity index (χ0) is 19.2. The molecule has 0 amide bonds. The van der Waals surface area contributed by atoms with Crippen LogP contribution < -0.4 is 9.80 Å². The second kappa shape index (κ2) is 13.3. The van der Waals surface area contributed by atoms with Crippen molar-refractivity contribution in [2.24, 2.45) is 0 Å². The van der Waals surface area contributed by atoms with Crippen molar-refractivity contribution in [2.75, 3.05) is 90.8 Å². The molecule has 0 atom stereocenters. The van der Waals surface area contributed by atoms with Crippen molar-refractivity contribution < 1.29 is 18.9 Å². The molecule has 146 valence electrons. The maximum atomic E-state index is 9.50. The van der Waals surface area contributed by atoms with Gasteiger partial charge in [0, 0.05) is 54.6 Å². The minimum atomic E-state index is 0.527. The van der Waals surface area contributed by atoms with E-state index in [1.165, 1.54) is 0 Å². The molecule has 0 aliphatic heterocycles. The van der Waals surface area contributed by atoms with E-state index in [-0.39, 0.29) is 0 Å². The van der Waals surface area contributed by atoms with Gasteiger partial charge in [0.25, 0.3) is 0 Å². The summed E-state index contributed by atoms with van der Waals surface area (Å²) in [5.41, 5.74) is 0.527. The number of ether oxygens (including phenoxy) is 4. The van der Waals surface area contributed by atoms with E-state index < -0.39 is 0 Å². The van der Waals surface area contributed by atoms with E-state index in [2.05, 4.69) is 11.0 Å². The number of hydrogen-bond donors (Lipinski definition) is 0. The number of rotatable bonds is 14. The minimum Gasteiger partial charge on any atom is -0.383 e. The number of aromatic nitrogens is 1. The Kier molecular flexibility index (Phi) is 11.3. The average molecular weight is 366 g/mol. The summed E-state index contributed by atoms with van der Waals surface area (Å²) < 4.78 is 20.8. The molecule has 0 radical (unpaired) electrons. The van der Waals surface area contributed by atoms with Crippen molar-refractivity contribution in [1.82, 2.24) is 4.98 Å². The van der Waals surface area contributed by atoms with Gasteiger partial charge < -0.3 is 28.7 Å². The first-order chi connectivity index (χ1) is 12.7. The molecule has 0 fully saturated rings. The van der Waals surface area contributed by atoms with Crippen LogP contribution in [0.5, 0.6) is 0 Å². The fourth-order valence-corrected chi connectivity index (χ4v) is 2.41. The summed E-state index contributed by atoms with van der Waals surface area (Å²) in [5, 5.41) is 9.50. The van der Waals surface area contributed by atoms with Crippen molar-refractivity contribution in [3.05, 3.63) is 17.7 Å². The number of pyridine rings is 1. The Bertz CT molecular complexity index is 534. The quantitative estimate of drug-likeness (QED) is 0.485. The lowest BCUT2D eigenvalue weighted by Gasteiger charge is -2.27. The van der Waals surface area contributed by atoms with Gasteiger partial charge in [0.2, 0.25) is 0 Å². The first-order valence-electron chi connectivity index (χ1n) is 8.58. The van der Waals surface area contributed by atoms with Crippen molar-refractivity contribution in [2.45, 2.75) is 0 Å². The zero-order valence-electron chi connectivity index (χ0n) is 16.2. The highest BCUT2D eigenvalue weighted by Gasteiger charge is 2.16. The predicted molar refractivity (Wildman–Crippen MR) is 101 cm³/mol. The molecule has 0 aliphatic carbocycles. The van der Waals surface area contributed by atoms with Gasteiger partial charge in [0.15, 0.2) is 0 Å². The van der Waals surface area contributed by atoms with E-state index in [9.17, 15) is 5.26 Å². The van der Waals surface area contributed by atoms with Gasteiger partial charge in [-0.1, -0.05) is 0 Å². The van der Waals surface area contributed by atoms with Crippen molar-refractivity contribution in [3.63, 3.8) is 0 Å². The summed E-state index contributed by atoms with van der Waals surface area (Å²) in [6, 6.07) is 5.89. The van der Waals surface area contributed by atoms with Crippen LogP contribution in [-0.2, 0) is 18.9 Å². The summed E-state index contributed by atoms with van der Waals surface area (Å²) in [6.07, 6.45) is 0. The van der Waals surface area contributed by atoms with Gasteiger partial charge in [-0.3, -0.25) is 0 Å². The van der Waals surface area contributed by atoms with E-state index >= 15 is 0 Å². The van der Waals surface area contributed by atoms with E-state index in [4.69, 9.17) is 23.9 Å². The molecule has 0 aliphatic rings. The monoisotopic (exact) mass is 366 g/mol. The summed E-state index contributed by atoms with van der Waals surface area (Å²) >= 11 is 0. The predicted octanol–water partition coefficient (Wildman–Crippen LogP) is 1.15. The van der Waals surface area contributed by atoms with Crippen LogP contribution in [0.25, 0.3) is 0 Å². The fraction of sp³-hybridized carbons (Fsp3) is 0.667. The molecule has 1 aromatic rings. The Morgan fingerprint density at radius 1 is 0.808 bits per heavy atom. The van der Waals surface area contributed by atoms with Crippen LogP contribution in [0.15, 0.2) is 12.1 Å². The van der Waals surface area contributed by atoms with Gasteiger partial charge in [-0.2, -0.15) is 5.26 Å². The molecule has 0 aromatic carbocycles. The Morgan fingerprint density at radius 3 is 1.69 bits per heavy atom. The first-order valence-corrected chi connectivity index (χ1v) is 8.58. The molecular formula is C18H30N4O4. The maximum Gasteiger partial charge on any atom is 0.149 e. The van der Waals surface area contributed by atoms with E-state index in [1.54, 1.807) is 34.5 Å². The molecule has 8 heteroatoms. The van der Waals surface area contributed by atoms with Crippen LogP contribution in [0.1, 0.15) is 5.56 Å². The third kappa shape index (κ3) is 7.14. The van der Waals surface area contributed by atoms with Gasteiger partial charge >= 0.3 is 0 Å². The van der Waals surface area contributed by atoms with E-state index in [1.807, 2.05) is 11.0 Å². The maximum absolute atomic E-state index is 9.50. The molecule has 1 rings (SSSR count). The molecule has 0 unspecified atom stereocenters. The molecule has 1 aromatic heterocycles. The summed E-state index contributed by atoms with van der Waals surface area (Å²) in [6.45, 7) is 4.87. The van der Waals surface area contributed by atoms with Crippen LogP contribution in [0.3, 0.4) is 0 Å². The Labute approximate surface area is 156 Å². The second-order valence-electron chi connectivity index (χ2n) is 5.60. The van der Waals surface area contributed by atoms with Gasteiger partial charge in [-0.05, 0) is 12.1 Å². The van der Waals surface area contributed by atoms with Gasteiger partial charge in [0.1, 0.15) is 17.7 Å². The highest BCUT2D eigenvalue weighted by Crippen LogP contribution is 2.22. The summed E-state index contributed by atoms with van der Waals surface area (Å²) in [7, 11) is 6.65. The van der Waals surface area contributed by atoms with Gasteiger partial charge in [-0.15, -0.1) is 0 Å². The normalized spacial score (nSPS) is 10.6. The standard InChI is InChI=1S/C18H30N4O4/c1-23-11-7-21(8-12-24-2)17-6-5-16(15-19)18(20-17)22(9-13-25-3)10-14-26-4/h5-6H,7-14H2,1-4H3. The lowest BCUT2D eigenvalue weighted by Crippen LogP contribution is -2.34. The van der Waals surface area contributed by atoms with E-state index in [0.29, 0.717) is 64.0 Å². The Morgan fingerprint density at radius 2 is 1.27 bits per heavy atom. The minimum absolute atomic E-state index is 0.527. The highest BCUT2D eigenvalue weighted by molar-refractivity contribution is 5.59. The van der Waals surface area contributed by atoms with Crippen LogP contribution in [0.2, 0.25) is 0 Å². The molecular weight excluding hydrogens is 336 g/mol. The van der Waals surface area contributed by atoms with E-state index in [0.717, 1.165) is 5.82 Å². The molecule has 0 saturated carbocycles. The molecule has 8 nitrogen and oxygen atoms in total. The Hall–Kier alpha value is -1.92. The van der Waals surface area contributed by atoms with Gasteiger partial charge in [-0.25, -0.2) is 4.98 Å². The first kappa shape index (κ1) is 22.1. The summed E-state index contributed by atoms with van der Waals surface area (Å²) in [4.78, 5) is 8.86. The molecule has 0 spiro atoms. The van der Waals surface area contributed by atoms with Crippen LogP contribution in [0, 0.1) is 11.3 Å². The average Bonchev–Trinajstić information content (AvgIpc) is 2.68. The van der Waals surface area contributed by atoms with Crippen LogP contribution >= 0.6 is 0 Å². The number of nitriles is 1. The van der Waals surface area contributed by atoms with Crippen molar-refractivity contribution in [1.29, 1.82) is 5.26 Å². The van der Waals surface area contributed by atoms with Crippen LogP contribution in [0.4, 0.5) is 11.6 Å². The number of anilines is 2. The Balaban J connectivity index is 3.13. The lowest BCUT2D eigenvalue weighted by atomic mass is 10.2. The smallest absolute Gasteiger partial charge is 0.149 e. The van der Waals surface area contributed by atoms with Crippen LogP contribution in [-0.4, -0.2) is 86.0 Å². The molecule has 26 heavy (non-hydrogen) atoms. The second-order valence-corrected chi connectivity index (χ2v) is 5.60. The molecule has 0 N–H and O–H groups in total. The van der Waals surface area contributed by atoms with Crippen molar-refractivity contribution in [3.8, 4) is 6.07 Å². The van der Waals surface area contributed by atoms with Crippen molar-refractivity contribution >= 4 is 11.6 Å². The van der Waals surface area contributed by atoms with Gasteiger partial charge in [0.05, 0.1) is 32.0 Å².